The van der Waals surface area contributed by atoms with Gasteiger partial charge in [0.25, 0.3) is 0 Å². The summed E-state index contributed by atoms with van der Waals surface area (Å²) < 4.78 is 0. The SMILES string of the molecule is CCC(C)(CCl)NCc1nnn(C)n1. The van der Waals surface area contributed by atoms with E-state index >= 15 is 0 Å². The van der Waals surface area contributed by atoms with Crippen LogP contribution in [0.5, 0.6) is 0 Å². The second-order valence-electron chi connectivity index (χ2n) is 3.60. The van der Waals surface area contributed by atoms with Crippen molar-refractivity contribution in [1.29, 1.82) is 0 Å². The van der Waals surface area contributed by atoms with Crippen molar-refractivity contribution in [2.75, 3.05) is 5.88 Å². The van der Waals surface area contributed by atoms with Crippen LogP contribution in [-0.4, -0.2) is 31.6 Å². The largest absolute Gasteiger partial charge is 0.303 e. The Morgan fingerprint density at radius 1 is 1.57 bits per heavy atom. The highest BCUT2D eigenvalue weighted by Crippen LogP contribution is 2.11. The van der Waals surface area contributed by atoms with Crippen LogP contribution in [0.25, 0.3) is 0 Å². The van der Waals surface area contributed by atoms with Crippen LogP contribution < -0.4 is 5.32 Å². The molecule has 1 rings (SSSR count). The fourth-order valence-corrected chi connectivity index (χ4v) is 1.24. The maximum Gasteiger partial charge on any atom is 0.188 e. The third-order valence-electron chi connectivity index (χ3n) is 2.30. The summed E-state index contributed by atoms with van der Waals surface area (Å²) in [4.78, 5) is 1.45. The highest BCUT2D eigenvalue weighted by atomic mass is 35.5. The predicted octanol–water partition coefficient (Wildman–Crippen LogP) is 0.707. The van der Waals surface area contributed by atoms with Crippen molar-refractivity contribution < 1.29 is 0 Å². The van der Waals surface area contributed by atoms with Crippen LogP contribution >= 0.6 is 11.6 Å². The van der Waals surface area contributed by atoms with Gasteiger partial charge in [-0.25, -0.2) is 0 Å². The molecule has 6 heteroatoms. The first-order valence-corrected chi connectivity index (χ1v) is 5.17. The lowest BCUT2D eigenvalue weighted by molar-refractivity contribution is 0.374. The summed E-state index contributed by atoms with van der Waals surface area (Å²) in [7, 11) is 1.75. The van der Waals surface area contributed by atoms with Gasteiger partial charge in [0.05, 0.1) is 13.6 Å². The second-order valence-corrected chi connectivity index (χ2v) is 3.86. The van der Waals surface area contributed by atoms with Crippen LogP contribution in [-0.2, 0) is 13.6 Å². The number of tetrazole rings is 1. The number of rotatable bonds is 5. The maximum absolute atomic E-state index is 5.86. The molecule has 0 fully saturated rings. The zero-order chi connectivity index (χ0) is 10.6. The minimum atomic E-state index is -0.0548. The van der Waals surface area contributed by atoms with Crippen LogP contribution in [0.3, 0.4) is 0 Å². The lowest BCUT2D eigenvalue weighted by Crippen LogP contribution is -2.43. The Morgan fingerprint density at radius 3 is 2.71 bits per heavy atom. The van der Waals surface area contributed by atoms with Gasteiger partial charge in [-0.15, -0.1) is 21.8 Å². The first kappa shape index (κ1) is 11.4. The summed E-state index contributed by atoms with van der Waals surface area (Å²) in [5.41, 5.74) is -0.0548. The van der Waals surface area contributed by atoms with Crippen LogP contribution in [0.1, 0.15) is 26.1 Å². The van der Waals surface area contributed by atoms with E-state index in [9.17, 15) is 0 Å². The molecule has 5 nitrogen and oxygen atoms in total. The molecule has 1 unspecified atom stereocenters. The van der Waals surface area contributed by atoms with Crippen molar-refractivity contribution in [3.63, 3.8) is 0 Å². The van der Waals surface area contributed by atoms with Crippen LogP contribution in [0.15, 0.2) is 0 Å². The molecule has 0 spiro atoms. The molecule has 0 aliphatic rings. The zero-order valence-corrected chi connectivity index (χ0v) is 9.54. The molecule has 0 aliphatic carbocycles. The quantitative estimate of drug-likeness (QED) is 0.739. The maximum atomic E-state index is 5.86. The van der Waals surface area contributed by atoms with E-state index in [1.54, 1.807) is 7.05 Å². The van der Waals surface area contributed by atoms with Gasteiger partial charge >= 0.3 is 0 Å². The minimum Gasteiger partial charge on any atom is -0.303 e. The summed E-state index contributed by atoms with van der Waals surface area (Å²) in [5, 5.41) is 15.0. The lowest BCUT2D eigenvalue weighted by atomic mass is 10.0. The topological polar surface area (TPSA) is 55.6 Å². The first-order valence-electron chi connectivity index (χ1n) is 4.63. The molecule has 1 heterocycles. The number of nitrogens with zero attached hydrogens (tertiary/aromatic N) is 4. The molecule has 0 amide bonds. The van der Waals surface area contributed by atoms with Gasteiger partial charge in [0.1, 0.15) is 0 Å². The number of aromatic nitrogens is 4. The van der Waals surface area contributed by atoms with Gasteiger partial charge in [0.15, 0.2) is 5.82 Å². The van der Waals surface area contributed by atoms with Crippen molar-refractivity contribution in [2.45, 2.75) is 32.4 Å². The van der Waals surface area contributed by atoms with Crippen LogP contribution in [0.2, 0.25) is 0 Å². The second kappa shape index (κ2) is 4.70. The van der Waals surface area contributed by atoms with Crippen molar-refractivity contribution in [2.24, 2.45) is 7.05 Å². The van der Waals surface area contributed by atoms with Crippen molar-refractivity contribution in [3.8, 4) is 0 Å². The molecule has 0 saturated heterocycles. The van der Waals surface area contributed by atoms with E-state index in [2.05, 4.69) is 34.6 Å². The van der Waals surface area contributed by atoms with Gasteiger partial charge in [-0.3, -0.25) is 0 Å². The highest BCUT2D eigenvalue weighted by molar-refractivity contribution is 6.18. The molecular weight excluding hydrogens is 202 g/mol. The normalized spacial score (nSPS) is 15.4. The average Bonchev–Trinajstić information content (AvgIpc) is 2.61. The van der Waals surface area contributed by atoms with Gasteiger partial charge in [0, 0.05) is 11.4 Å². The summed E-state index contributed by atoms with van der Waals surface area (Å²) in [6.07, 6.45) is 0.969. The summed E-state index contributed by atoms with van der Waals surface area (Å²) >= 11 is 5.86. The smallest absolute Gasteiger partial charge is 0.188 e. The van der Waals surface area contributed by atoms with Gasteiger partial charge in [-0.2, -0.15) is 4.80 Å². The van der Waals surface area contributed by atoms with Crippen molar-refractivity contribution in [3.05, 3.63) is 5.82 Å². The number of hydrogen-bond acceptors (Lipinski definition) is 4. The van der Waals surface area contributed by atoms with E-state index < -0.39 is 0 Å². The number of halogens is 1. The van der Waals surface area contributed by atoms with Gasteiger partial charge in [-0.05, 0) is 18.6 Å². The molecule has 1 N–H and O–H groups in total. The number of alkyl halides is 1. The monoisotopic (exact) mass is 217 g/mol. The van der Waals surface area contributed by atoms with Crippen LogP contribution in [0.4, 0.5) is 0 Å². The van der Waals surface area contributed by atoms with Gasteiger partial charge < -0.3 is 5.32 Å². The fourth-order valence-electron chi connectivity index (χ4n) is 0.953. The van der Waals surface area contributed by atoms with Crippen LogP contribution in [0, 0.1) is 0 Å². The molecule has 1 aromatic heterocycles. The Bertz CT molecular complexity index is 281. The Balaban J connectivity index is 2.47. The molecule has 80 valence electrons. The average molecular weight is 218 g/mol. The summed E-state index contributed by atoms with van der Waals surface area (Å²) in [6, 6.07) is 0. The standard InChI is InChI=1S/C8H16ClN5/c1-4-8(2,6-9)10-5-7-11-13-14(3)12-7/h10H,4-6H2,1-3H3. The first-order chi connectivity index (χ1) is 6.59. The molecule has 0 radical (unpaired) electrons. The van der Waals surface area contributed by atoms with Crippen molar-refractivity contribution in [1.82, 2.24) is 25.5 Å². The lowest BCUT2D eigenvalue weighted by Gasteiger charge is -2.26. The Kier molecular flexibility index (Phi) is 3.83. The van der Waals surface area contributed by atoms with Gasteiger partial charge in [-0.1, -0.05) is 6.92 Å². The highest BCUT2D eigenvalue weighted by Gasteiger charge is 2.20. The fraction of sp³-hybridized carbons (Fsp3) is 0.875. The van der Waals surface area contributed by atoms with E-state index in [0.717, 1.165) is 6.42 Å². The number of hydrogen-bond donors (Lipinski definition) is 1. The molecule has 0 aromatic carbocycles. The van der Waals surface area contributed by atoms with E-state index in [-0.39, 0.29) is 5.54 Å². The zero-order valence-electron chi connectivity index (χ0n) is 8.79. The van der Waals surface area contributed by atoms with Crippen molar-refractivity contribution >= 4 is 11.6 Å². The molecule has 0 bridgehead atoms. The van der Waals surface area contributed by atoms with E-state index in [1.807, 2.05) is 0 Å². The molecule has 14 heavy (non-hydrogen) atoms. The minimum absolute atomic E-state index is 0.0548. The molecular formula is C8H16ClN5. The van der Waals surface area contributed by atoms with E-state index in [4.69, 9.17) is 11.6 Å². The molecule has 1 atom stereocenters. The predicted molar refractivity (Wildman–Crippen MR) is 55.1 cm³/mol. The van der Waals surface area contributed by atoms with Gasteiger partial charge in [0.2, 0.25) is 0 Å². The Labute approximate surface area is 88.8 Å². The van der Waals surface area contributed by atoms with E-state index in [1.165, 1.54) is 4.80 Å². The number of nitrogens with one attached hydrogen (secondary N) is 1. The molecule has 1 aromatic rings. The Hall–Kier alpha value is -0.680. The molecule has 0 saturated carbocycles. The van der Waals surface area contributed by atoms with E-state index in [0.29, 0.717) is 18.2 Å². The summed E-state index contributed by atoms with van der Waals surface area (Å²) in [5.74, 6) is 1.27. The third-order valence-corrected chi connectivity index (χ3v) is 2.89. The number of aryl methyl sites for hydroxylation is 1. The molecule has 0 aliphatic heterocycles. The summed E-state index contributed by atoms with van der Waals surface area (Å²) in [6.45, 7) is 4.78. The third kappa shape index (κ3) is 2.92. The Morgan fingerprint density at radius 2 is 2.29 bits per heavy atom.